The van der Waals surface area contributed by atoms with Gasteiger partial charge in [0.05, 0.1) is 11.5 Å². The molecule has 3 aliphatic rings. The van der Waals surface area contributed by atoms with Crippen LogP contribution in [0.15, 0.2) is 0 Å². The first-order valence-corrected chi connectivity index (χ1v) is 11.6. The molecule has 3 fully saturated rings. The van der Waals surface area contributed by atoms with Gasteiger partial charge in [-0.05, 0) is 87.9 Å². The van der Waals surface area contributed by atoms with Gasteiger partial charge in [-0.2, -0.15) is 0 Å². The standard InChI is InChI=1S/C24H42O5/c1-16-8-9-19-21(3,4)11-7-12-24(19,27)23(16,6)15-14-22(5)13-10-18(28-29-22)17(2)20(25)26/h16-19,27H,7-15H2,1-6H3,(H,25,26)/t16-,17+,18+,19+,22+,23-,24+/m0/s1. The molecule has 0 bridgehead atoms. The van der Waals surface area contributed by atoms with Crippen molar-refractivity contribution < 1.29 is 24.8 Å². The fourth-order valence-electron chi connectivity index (χ4n) is 6.64. The van der Waals surface area contributed by atoms with Crippen LogP contribution < -0.4 is 0 Å². The number of hydrogen-bond donors (Lipinski definition) is 2. The van der Waals surface area contributed by atoms with Gasteiger partial charge in [-0.1, -0.05) is 34.1 Å². The second-order valence-electron chi connectivity index (χ2n) is 11.5. The summed E-state index contributed by atoms with van der Waals surface area (Å²) in [6.45, 7) is 13.0. The fraction of sp³-hybridized carbons (Fsp3) is 0.958. The SMILES string of the molecule is C[C@@H](C(=O)O)[C@H]1CC[C@](C)(CC[C@@]2(C)[C@@H](C)CC[C@@H]3C(C)(C)CCC[C@@]32O)OO1. The monoisotopic (exact) mass is 410 g/mol. The van der Waals surface area contributed by atoms with E-state index in [4.69, 9.17) is 9.78 Å². The number of aliphatic hydroxyl groups is 1. The van der Waals surface area contributed by atoms with E-state index in [1.165, 1.54) is 12.8 Å². The molecule has 1 saturated heterocycles. The largest absolute Gasteiger partial charge is 0.481 e. The molecule has 0 radical (unpaired) electrons. The van der Waals surface area contributed by atoms with E-state index in [-0.39, 0.29) is 10.8 Å². The molecule has 7 atom stereocenters. The minimum absolute atomic E-state index is 0.148. The Morgan fingerprint density at radius 3 is 2.34 bits per heavy atom. The summed E-state index contributed by atoms with van der Waals surface area (Å²) in [7, 11) is 0. The summed E-state index contributed by atoms with van der Waals surface area (Å²) in [5, 5.41) is 21.3. The third-order valence-corrected chi connectivity index (χ3v) is 9.31. The number of carbonyl (C=O) groups is 1. The molecule has 0 unspecified atom stereocenters. The maximum atomic E-state index is 12.1. The number of carboxylic acid groups (broad SMARTS) is 1. The van der Waals surface area contributed by atoms with Crippen LogP contribution in [0.2, 0.25) is 0 Å². The first-order chi connectivity index (χ1) is 13.3. The van der Waals surface area contributed by atoms with Crippen LogP contribution in [-0.2, 0) is 14.6 Å². The molecule has 0 aromatic rings. The van der Waals surface area contributed by atoms with Crippen molar-refractivity contribution in [3.63, 3.8) is 0 Å². The van der Waals surface area contributed by atoms with E-state index < -0.39 is 29.2 Å². The second-order valence-corrected chi connectivity index (χ2v) is 11.5. The second kappa shape index (κ2) is 7.80. The lowest BCUT2D eigenvalue weighted by atomic mass is 9.45. The van der Waals surface area contributed by atoms with Crippen LogP contribution in [-0.4, -0.2) is 33.5 Å². The quantitative estimate of drug-likeness (QED) is 0.598. The molecule has 3 rings (SSSR count). The van der Waals surface area contributed by atoms with Gasteiger partial charge in [-0.15, -0.1) is 0 Å². The number of rotatable bonds is 5. The Kier molecular flexibility index (Phi) is 6.19. The number of hydrogen-bond acceptors (Lipinski definition) is 4. The van der Waals surface area contributed by atoms with Crippen LogP contribution in [0.4, 0.5) is 0 Å². The minimum Gasteiger partial charge on any atom is -0.481 e. The maximum absolute atomic E-state index is 12.1. The van der Waals surface area contributed by atoms with Crippen molar-refractivity contribution in [3.05, 3.63) is 0 Å². The van der Waals surface area contributed by atoms with E-state index in [1.54, 1.807) is 6.92 Å². The van der Waals surface area contributed by atoms with Crippen LogP contribution in [0.25, 0.3) is 0 Å². The van der Waals surface area contributed by atoms with Crippen molar-refractivity contribution in [2.75, 3.05) is 0 Å². The van der Waals surface area contributed by atoms with E-state index in [0.29, 0.717) is 18.3 Å². The molecule has 29 heavy (non-hydrogen) atoms. The molecule has 1 aliphatic heterocycles. The van der Waals surface area contributed by atoms with Crippen molar-refractivity contribution in [1.29, 1.82) is 0 Å². The average molecular weight is 411 g/mol. The molecule has 0 aromatic carbocycles. The summed E-state index contributed by atoms with van der Waals surface area (Å²) in [5.41, 5.74) is -1.02. The minimum atomic E-state index is -0.848. The lowest BCUT2D eigenvalue weighted by Gasteiger charge is -2.63. The lowest BCUT2D eigenvalue weighted by Crippen LogP contribution is -2.63. The van der Waals surface area contributed by atoms with Gasteiger partial charge in [-0.25, -0.2) is 9.78 Å². The van der Waals surface area contributed by atoms with Gasteiger partial charge in [0.25, 0.3) is 0 Å². The van der Waals surface area contributed by atoms with Gasteiger partial charge in [0, 0.05) is 0 Å². The summed E-state index contributed by atoms with van der Waals surface area (Å²) in [6, 6.07) is 0. The molecule has 168 valence electrons. The predicted octanol–water partition coefficient (Wildman–Crippen LogP) is 5.35. The first kappa shape index (κ1) is 23.0. The van der Waals surface area contributed by atoms with Crippen molar-refractivity contribution >= 4 is 5.97 Å². The Labute approximate surface area is 176 Å². The highest BCUT2D eigenvalue weighted by molar-refractivity contribution is 5.70. The van der Waals surface area contributed by atoms with Gasteiger partial charge in [0.15, 0.2) is 0 Å². The number of carboxylic acids is 1. The highest BCUT2D eigenvalue weighted by Crippen LogP contribution is 2.63. The molecular weight excluding hydrogens is 368 g/mol. The summed E-state index contributed by atoms with van der Waals surface area (Å²) < 4.78 is 0. The third kappa shape index (κ3) is 3.99. The molecular formula is C24H42O5. The van der Waals surface area contributed by atoms with Crippen LogP contribution in [0.1, 0.15) is 99.3 Å². The zero-order valence-electron chi connectivity index (χ0n) is 19.3. The smallest absolute Gasteiger partial charge is 0.308 e. The Morgan fingerprint density at radius 1 is 1.07 bits per heavy atom. The predicted molar refractivity (Wildman–Crippen MR) is 112 cm³/mol. The summed E-state index contributed by atoms with van der Waals surface area (Å²) in [4.78, 5) is 22.6. The molecule has 0 aromatic heterocycles. The van der Waals surface area contributed by atoms with Crippen LogP contribution in [0, 0.1) is 28.6 Å². The zero-order chi connectivity index (χ0) is 21.7. The highest BCUT2D eigenvalue weighted by Gasteiger charge is 2.61. The van der Waals surface area contributed by atoms with E-state index in [0.717, 1.165) is 38.5 Å². The maximum Gasteiger partial charge on any atom is 0.308 e. The molecule has 2 N–H and O–H groups in total. The van der Waals surface area contributed by atoms with Crippen molar-refractivity contribution in [2.45, 2.75) is 117 Å². The number of fused-ring (bicyclic) bond motifs is 1. The molecule has 0 amide bonds. The van der Waals surface area contributed by atoms with Gasteiger partial charge >= 0.3 is 5.97 Å². The summed E-state index contributed by atoms with van der Waals surface area (Å²) in [5.74, 6) is -0.604. The molecule has 2 saturated carbocycles. The zero-order valence-corrected chi connectivity index (χ0v) is 19.3. The molecule has 5 heteroatoms. The third-order valence-electron chi connectivity index (χ3n) is 9.31. The Hall–Kier alpha value is -0.650. The fourth-order valence-corrected chi connectivity index (χ4v) is 6.64. The van der Waals surface area contributed by atoms with Crippen molar-refractivity contribution in [1.82, 2.24) is 0 Å². The summed E-state index contributed by atoms with van der Waals surface area (Å²) >= 11 is 0. The van der Waals surface area contributed by atoms with Crippen LogP contribution >= 0.6 is 0 Å². The van der Waals surface area contributed by atoms with Crippen molar-refractivity contribution in [3.8, 4) is 0 Å². The van der Waals surface area contributed by atoms with Crippen LogP contribution in [0.3, 0.4) is 0 Å². The number of aliphatic carboxylic acids is 1. The van der Waals surface area contributed by atoms with E-state index in [1.807, 2.05) is 0 Å². The van der Waals surface area contributed by atoms with Gasteiger partial charge in [0.2, 0.25) is 0 Å². The Bertz CT molecular complexity index is 608. The molecule has 2 aliphatic carbocycles. The highest BCUT2D eigenvalue weighted by atomic mass is 17.2. The van der Waals surface area contributed by atoms with Crippen molar-refractivity contribution in [2.24, 2.45) is 28.6 Å². The van der Waals surface area contributed by atoms with Gasteiger partial charge in [-0.3, -0.25) is 4.79 Å². The normalized spacial score (nSPS) is 46.0. The van der Waals surface area contributed by atoms with Gasteiger partial charge < -0.3 is 10.2 Å². The van der Waals surface area contributed by atoms with Gasteiger partial charge in [0.1, 0.15) is 11.7 Å². The van der Waals surface area contributed by atoms with E-state index >= 15 is 0 Å². The lowest BCUT2D eigenvalue weighted by molar-refractivity contribution is -0.412. The Morgan fingerprint density at radius 2 is 1.76 bits per heavy atom. The van der Waals surface area contributed by atoms with Crippen LogP contribution in [0.5, 0.6) is 0 Å². The summed E-state index contributed by atoms with van der Waals surface area (Å²) in [6.07, 6.45) is 8.27. The Balaban J connectivity index is 1.71. The van der Waals surface area contributed by atoms with E-state index in [9.17, 15) is 15.0 Å². The topological polar surface area (TPSA) is 76.0 Å². The molecule has 1 heterocycles. The molecule has 5 nitrogen and oxygen atoms in total. The van der Waals surface area contributed by atoms with E-state index in [2.05, 4.69) is 34.6 Å². The average Bonchev–Trinajstić information content (AvgIpc) is 2.64. The molecule has 0 spiro atoms. The first-order valence-electron chi connectivity index (χ1n) is 11.6.